The zero-order valence-corrected chi connectivity index (χ0v) is 23.2. The van der Waals surface area contributed by atoms with Crippen molar-refractivity contribution in [3.63, 3.8) is 0 Å². The molecule has 0 bridgehead atoms. The molecule has 3 aromatic rings. The minimum atomic E-state index is -3.52. The number of nitrogens with one attached hydrogen (secondary N) is 2. The van der Waals surface area contributed by atoms with E-state index in [2.05, 4.69) is 15.6 Å². The van der Waals surface area contributed by atoms with Gasteiger partial charge in [0.05, 0.1) is 24.2 Å². The Morgan fingerprint density at radius 3 is 2.39 bits per heavy atom. The fourth-order valence-corrected chi connectivity index (χ4v) is 4.85. The smallest absolute Gasteiger partial charge is 0.319 e. The van der Waals surface area contributed by atoms with Gasteiger partial charge in [0, 0.05) is 36.2 Å². The highest BCUT2D eigenvalue weighted by Crippen LogP contribution is 2.29. The van der Waals surface area contributed by atoms with Crippen molar-refractivity contribution in [2.24, 2.45) is 5.41 Å². The lowest BCUT2D eigenvalue weighted by Crippen LogP contribution is -2.44. The molecule has 0 saturated carbocycles. The van der Waals surface area contributed by atoms with Gasteiger partial charge in [-0.15, -0.1) is 0 Å². The van der Waals surface area contributed by atoms with Crippen LogP contribution < -0.4 is 15.5 Å². The average molecular weight is 539 g/mol. The standard InChI is InChI=1S/C27H34N6O4S/c1-18-16-37-15-14-33(18)25-31-23(30-24(32-25)21-8-6-7-9-22(21)38(5,35)36)19-10-12-20(13-11-19)29-26(34)28-17-27(2,3)4/h6-13,18H,14-17H2,1-5H3,(H2,28,29,34)/t18-/m0/s1. The van der Waals surface area contributed by atoms with Crippen molar-refractivity contribution in [3.8, 4) is 22.8 Å². The second-order valence-electron chi connectivity index (χ2n) is 10.6. The first-order valence-electron chi connectivity index (χ1n) is 12.5. The Labute approximate surface area is 223 Å². The van der Waals surface area contributed by atoms with E-state index in [1.165, 1.54) is 6.26 Å². The summed E-state index contributed by atoms with van der Waals surface area (Å²) in [5, 5.41) is 5.69. The lowest BCUT2D eigenvalue weighted by Gasteiger charge is -2.33. The van der Waals surface area contributed by atoms with Gasteiger partial charge in [-0.1, -0.05) is 32.9 Å². The van der Waals surface area contributed by atoms with E-state index < -0.39 is 9.84 Å². The molecular formula is C27H34N6O4S. The third-order valence-corrected chi connectivity index (χ3v) is 7.11. The van der Waals surface area contributed by atoms with Crippen LogP contribution in [0.3, 0.4) is 0 Å². The van der Waals surface area contributed by atoms with Crippen molar-refractivity contribution in [2.45, 2.75) is 38.6 Å². The van der Waals surface area contributed by atoms with Gasteiger partial charge in [-0.25, -0.2) is 18.2 Å². The summed E-state index contributed by atoms with van der Waals surface area (Å²) >= 11 is 0. The van der Waals surface area contributed by atoms with E-state index in [9.17, 15) is 13.2 Å². The van der Waals surface area contributed by atoms with Crippen LogP contribution in [-0.2, 0) is 14.6 Å². The van der Waals surface area contributed by atoms with Gasteiger partial charge in [0.1, 0.15) is 0 Å². The van der Waals surface area contributed by atoms with Crippen LogP contribution in [0.4, 0.5) is 16.4 Å². The van der Waals surface area contributed by atoms with Gasteiger partial charge >= 0.3 is 6.03 Å². The third kappa shape index (κ3) is 6.84. The zero-order valence-electron chi connectivity index (χ0n) is 22.4. The van der Waals surface area contributed by atoms with Crippen LogP contribution in [-0.4, -0.2) is 68.0 Å². The average Bonchev–Trinajstić information content (AvgIpc) is 2.87. The summed E-state index contributed by atoms with van der Waals surface area (Å²) in [7, 11) is -3.52. The number of carbonyl (C=O) groups excluding carboxylic acids is 1. The second-order valence-corrected chi connectivity index (χ2v) is 12.6. The number of hydrogen-bond donors (Lipinski definition) is 2. The van der Waals surface area contributed by atoms with E-state index in [1.54, 1.807) is 36.4 Å². The highest BCUT2D eigenvalue weighted by Gasteiger charge is 2.25. The van der Waals surface area contributed by atoms with E-state index >= 15 is 0 Å². The van der Waals surface area contributed by atoms with Crippen LogP contribution in [0.15, 0.2) is 53.4 Å². The Balaban J connectivity index is 1.70. The maximum atomic E-state index is 12.5. The van der Waals surface area contributed by atoms with E-state index in [0.29, 0.717) is 54.9 Å². The molecule has 1 saturated heterocycles. The van der Waals surface area contributed by atoms with Gasteiger partial charge in [-0.3, -0.25) is 0 Å². The molecule has 1 aliphatic heterocycles. The number of aromatic nitrogens is 3. The van der Waals surface area contributed by atoms with Crippen LogP contribution >= 0.6 is 0 Å². The minimum Gasteiger partial charge on any atom is -0.377 e. The first kappa shape index (κ1) is 27.5. The molecule has 0 aliphatic carbocycles. The Kier molecular flexibility index (Phi) is 7.98. The molecule has 0 radical (unpaired) electrons. The summed E-state index contributed by atoms with van der Waals surface area (Å²) in [6, 6.07) is 13.6. The highest BCUT2D eigenvalue weighted by atomic mass is 32.2. The number of morpholine rings is 1. The predicted octanol–water partition coefficient (Wildman–Crippen LogP) is 4.00. The lowest BCUT2D eigenvalue weighted by atomic mass is 9.97. The number of anilines is 2. The number of urea groups is 1. The fourth-order valence-electron chi connectivity index (χ4n) is 3.97. The maximum absolute atomic E-state index is 12.5. The second kappa shape index (κ2) is 11.0. The summed E-state index contributed by atoms with van der Waals surface area (Å²) in [5.41, 5.74) is 1.71. The largest absolute Gasteiger partial charge is 0.377 e. The molecule has 0 unspecified atom stereocenters. The van der Waals surface area contributed by atoms with Gasteiger partial charge in [-0.2, -0.15) is 9.97 Å². The summed E-state index contributed by atoms with van der Waals surface area (Å²) in [6.45, 7) is 10.4. The molecule has 1 fully saturated rings. The number of benzene rings is 2. The Morgan fingerprint density at radius 2 is 1.74 bits per heavy atom. The monoisotopic (exact) mass is 538 g/mol. The summed E-state index contributed by atoms with van der Waals surface area (Å²) in [4.78, 5) is 28.6. The van der Waals surface area contributed by atoms with Crippen LogP contribution in [0.25, 0.3) is 22.8 Å². The van der Waals surface area contributed by atoms with Crippen LogP contribution in [0.5, 0.6) is 0 Å². The molecular weight excluding hydrogens is 504 g/mol. The van der Waals surface area contributed by atoms with E-state index in [-0.39, 0.29) is 28.2 Å². The van der Waals surface area contributed by atoms with Gasteiger partial charge in [0.2, 0.25) is 5.95 Å². The van der Waals surface area contributed by atoms with Crippen LogP contribution in [0, 0.1) is 5.41 Å². The van der Waals surface area contributed by atoms with Crippen molar-refractivity contribution < 1.29 is 17.9 Å². The molecule has 4 rings (SSSR count). The van der Waals surface area contributed by atoms with E-state index in [0.717, 1.165) is 0 Å². The normalized spacial score (nSPS) is 16.2. The Morgan fingerprint density at radius 1 is 1.05 bits per heavy atom. The Bertz CT molecular complexity index is 1400. The minimum absolute atomic E-state index is 0.0248. The highest BCUT2D eigenvalue weighted by molar-refractivity contribution is 7.90. The SMILES string of the molecule is C[C@H]1COCCN1c1nc(-c2ccc(NC(=O)NCC(C)(C)C)cc2)nc(-c2ccccc2S(C)(=O)=O)n1. The molecule has 2 amide bonds. The lowest BCUT2D eigenvalue weighted by molar-refractivity contribution is 0.0981. The number of nitrogens with zero attached hydrogens (tertiary/aromatic N) is 4. The maximum Gasteiger partial charge on any atom is 0.319 e. The first-order chi connectivity index (χ1) is 17.9. The summed E-state index contributed by atoms with van der Waals surface area (Å²) in [6.07, 6.45) is 1.17. The summed E-state index contributed by atoms with van der Waals surface area (Å²) in [5.74, 6) is 1.12. The van der Waals surface area contributed by atoms with Crippen LogP contribution in [0.2, 0.25) is 0 Å². The molecule has 1 aromatic heterocycles. The van der Waals surface area contributed by atoms with Crippen molar-refractivity contribution in [1.29, 1.82) is 0 Å². The molecule has 1 atom stereocenters. The quantitative estimate of drug-likeness (QED) is 0.482. The van der Waals surface area contributed by atoms with Crippen molar-refractivity contribution >= 4 is 27.5 Å². The van der Waals surface area contributed by atoms with Crippen molar-refractivity contribution in [3.05, 3.63) is 48.5 Å². The molecule has 2 heterocycles. The fraction of sp³-hybridized carbons (Fsp3) is 0.407. The molecule has 10 nitrogen and oxygen atoms in total. The molecule has 2 N–H and O–H groups in total. The summed E-state index contributed by atoms with van der Waals surface area (Å²) < 4.78 is 30.6. The van der Waals surface area contributed by atoms with Crippen LogP contribution in [0.1, 0.15) is 27.7 Å². The van der Waals surface area contributed by atoms with Gasteiger partial charge in [0.15, 0.2) is 21.5 Å². The molecule has 38 heavy (non-hydrogen) atoms. The third-order valence-electron chi connectivity index (χ3n) is 5.96. The molecule has 0 spiro atoms. The zero-order chi connectivity index (χ0) is 27.5. The predicted molar refractivity (Wildman–Crippen MR) is 148 cm³/mol. The van der Waals surface area contributed by atoms with E-state index in [4.69, 9.17) is 14.7 Å². The molecule has 1 aliphatic rings. The number of sulfone groups is 1. The number of ether oxygens (including phenoxy) is 1. The van der Waals surface area contributed by atoms with E-state index in [1.807, 2.05) is 44.7 Å². The number of amides is 2. The van der Waals surface area contributed by atoms with Gasteiger partial charge < -0.3 is 20.3 Å². The molecule has 11 heteroatoms. The number of carbonyl (C=O) groups is 1. The van der Waals surface area contributed by atoms with Gasteiger partial charge in [0.25, 0.3) is 0 Å². The molecule has 202 valence electrons. The van der Waals surface area contributed by atoms with Crippen molar-refractivity contribution in [1.82, 2.24) is 20.3 Å². The first-order valence-corrected chi connectivity index (χ1v) is 14.3. The van der Waals surface area contributed by atoms with Gasteiger partial charge in [-0.05, 0) is 48.7 Å². The molecule has 2 aromatic carbocycles. The van der Waals surface area contributed by atoms with Crippen molar-refractivity contribution in [2.75, 3.05) is 42.8 Å². The Hall–Kier alpha value is -3.57. The number of hydrogen-bond acceptors (Lipinski definition) is 8. The topological polar surface area (TPSA) is 126 Å². The number of rotatable bonds is 6.